The Balaban J connectivity index is 1.38. The van der Waals surface area contributed by atoms with Crippen LogP contribution in [0.25, 0.3) is 11.0 Å². The van der Waals surface area contributed by atoms with Gasteiger partial charge in [0.05, 0.1) is 7.11 Å². The number of methoxy groups -OCH3 is 1. The molecule has 0 amide bonds. The molecule has 1 fully saturated rings. The van der Waals surface area contributed by atoms with Gasteiger partial charge < -0.3 is 23.9 Å². The molecule has 1 aromatic heterocycles. The Hall–Kier alpha value is -3.03. The van der Waals surface area contributed by atoms with E-state index in [1.807, 2.05) is 19.1 Å². The minimum atomic E-state index is -0.665. The minimum Gasteiger partial charge on any atom is -0.493 e. The van der Waals surface area contributed by atoms with Crippen LogP contribution in [0.1, 0.15) is 23.0 Å². The van der Waals surface area contributed by atoms with Crippen molar-refractivity contribution in [1.82, 2.24) is 4.90 Å². The lowest BCUT2D eigenvalue weighted by molar-refractivity contribution is 0.0655. The van der Waals surface area contributed by atoms with E-state index in [4.69, 9.17) is 13.9 Å². The molecule has 1 saturated heterocycles. The number of rotatable bonds is 8. The molecule has 1 N–H and O–H groups in total. The Morgan fingerprint density at radius 2 is 1.84 bits per heavy atom. The summed E-state index contributed by atoms with van der Waals surface area (Å²) in [4.78, 5) is 16.5. The standard InChI is InChI=1S/C25H30N2O5/c1-17-21-9-10-22(30-3)25(24(21)32-23(17)18(2)28)31-16-20(29)15-26-11-13-27(14-12-26)19-7-5-4-6-8-19/h4-10,20,29H,11-16H2,1-3H3. The van der Waals surface area contributed by atoms with Crippen LogP contribution in [0.2, 0.25) is 0 Å². The van der Waals surface area contributed by atoms with E-state index < -0.39 is 6.10 Å². The first-order valence-electron chi connectivity index (χ1n) is 10.9. The molecule has 0 aliphatic carbocycles. The third-order valence-corrected chi connectivity index (χ3v) is 5.95. The lowest BCUT2D eigenvalue weighted by Gasteiger charge is -2.36. The average Bonchev–Trinajstić information content (AvgIpc) is 3.15. The number of ketones is 1. The summed E-state index contributed by atoms with van der Waals surface area (Å²) in [7, 11) is 1.55. The van der Waals surface area contributed by atoms with Gasteiger partial charge in [0.1, 0.15) is 12.7 Å². The quantitative estimate of drug-likeness (QED) is 0.540. The second-order valence-electron chi connectivity index (χ2n) is 8.17. The molecule has 1 aliphatic heterocycles. The number of piperazine rings is 1. The topological polar surface area (TPSA) is 75.4 Å². The number of carbonyl (C=O) groups excluding carboxylic acids is 1. The fourth-order valence-electron chi connectivity index (χ4n) is 4.23. The van der Waals surface area contributed by atoms with E-state index in [2.05, 4.69) is 34.1 Å². The molecule has 7 nitrogen and oxygen atoms in total. The first-order chi connectivity index (χ1) is 15.5. The molecule has 1 aliphatic rings. The molecule has 3 aromatic rings. The van der Waals surface area contributed by atoms with Gasteiger partial charge in [-0.2, -0.15) is 0 Å². The number of anilines is 1. The predicted octanol–water partition coefficient (Wildman–Crippen LogP) is 3.51. The summed E-state index contributed by atoms with van der Waals surface area (Å²) in [5.74, 6) is 1.09. The Morgan fingerprint density at radius 3 is 2.50 bits per heavy atom. The summed E-state index contributed by atoms with van der Waals surface area (Å²) in [6, 6.07) is 14.0. The van der Waals surface area contributed by atoms with Gasteiger partial charge in [0.25, 0.3) is 0 Å². The summed E-state index contributed by atoms with van der Waals surface area (Å²) in [6.07, 6.45) is -0.665. The highest BCUT2D eigenvalue weighted by Gasteiger charge is 2.23. The monoisotopic (exact) mass is 438 g/mol. The number of aliphatic hydroxyl groups excluding tert-OH is 1. The van der Waals surface area contributed by atoms with Crippen molar-refractivity contribution in [2.75, 3.05) is 51.3 Å². The van der Waals surface area contributed by atoms with Gasteiger partial charge in [-0.25, -0.2) is 0 Å². The van der Waals surface area contributed by atoms with E-state index in [-0.39, 0.29) is 12.4 Å². The predicted molar refractivity (Wildman–Crippen MR) is 124 cm³/mol. The van der Waals surface area contributed by atoms with Crippen molar-refractivity contribution in [3.63, 3.8) is 0 Å². The van der Waals surface area contributed by atoms with Crippen LogP contribution in [0.4, 0.5) is 5.69 Å². The molecule has 4 rings (SSSR count). The SMILES string of the molecule is COc1ccc2c(C)c(C(C)=O)oc2c1OCC(O)CN1CCN(c2ccccc2)CC1. The normalized spacial score (nSPS) is 15.7. The number of hydrogen-bond acceptors (Lipinski definition) is 7. The molecule has 1 atom stereocenters. The van der Waals surface area contributed by atoms with E-state index in [1.165, 1.54) is 12.6 Å². The summed E-state index contributed by atoms with van der Waals surface area (Å²) in [5, 5.41) is 11.4. The summed E-state index contributed by atoms with van der Waals surface area (Å²) >= 11 is 0. The first kappa shape index (κ1) is 22.2. The zero-order valence-corrected chi connectivity index (χ0v) is 18.8. The van der Waals surface area contributed by atoms with Gasteiger partial charge in [0, 0.05) is 56.3 Å². The molecule has 7 heteroatoms. The van der Waals surface area contributed by atoms with Crippen molar-refractivity contribution in [1.29, 1.82) is 0 Å². The maximum absolute atomic E-state index is 11.9. The lowest BCUT2D eigenvalue weighted by atomic mass is 10.1. The molecular formula is C25H30N2O5. The fourth-order valence-corrected chi connectivity index (χ4v) is 4.23. The number of ether oxygens (including phenoxy) is 2. The van der Waals surface area contributed by atoms with Crippen LogP contribution in [-0.2, 0) is 0 Å². The molecule has 2 aromatic carbocycles. The van der Waals surface area contributed by atoms with Crippen LogP contribution in [-0.4, -0.2) is 68.3 Å². The Kier molecular flexibility index (Phi) is 6.67. The van der Waals surface area contributed by atoms with Gasteiger partial charge in [0.2, 0.25) is 5.75 Å². The van der Waals surface area contributed by atoms with Crippen LogP contribution in [0.15, 0.2) is 46.9 Å². The van der Waals surface area contributed by atoms with Crippen molar-refractivity contribution < 1.29 is 23.8 Å². The molecule has 1 unspecified atom stereocenters. The molecule has 0 bridgehead atoms. The van der Waals surface area contributed by atoms with E-state index in [0.29, 0.717) is 29.4 Å². The van der Waals surface area contributed by atoms with Crippen LogP contribution in [0.3, 0.4) is 0 Å². The average molecular weight is 439 g/mol. The zero-order valence-electron chi connectivity index (χ0n) is 18.8. The third-order valence-electron chi connectivity index (χ3n) is 5.95. The Bertz CT molecular complexity index is 1070. The number of carbonyl (C=O) groups is 1. The van der Waals surface area contributed by atoms with Gasteiger partial charge in [0.15, 0.2) is 22.9 Å². The molecule has 170 valence electrons. The fraction of sp³-hybridized carbons (Fsp3) is 0.400. The molecule has 0 saturated carbocycles. The van der Waals surface area contributed by atoms with Gasteiger partial charge in [-0.15, -0.1) is 0 Å². The number of para-hydroxylation sites is 1. The molecule has 0 radical (unpaired) electrons. The molecule has 0 spiro atoms. The van der Waals surface area contributed by atoms with Crippen molar-refractivity contribution in [3.05, 3.63) is 53.8 Å². The number of aryl methyl sites for hydroxylation is 1. The second kappa shape index (κ2) is 9.63. The second-order valence-corrected chi connectivity index (χ2v) is 8.17. The minimum absolute atomic E-state index is 0.101. The van der Waals surface area contributed by atoms with E-state index in [1.54, 1.807) is 13.2 Å². The van der Waals surface area contributed by atoms with Gasteiger partial charge in [-0.05, 0) is 31.2 Å². The van der Waals surface area contributed by atoms with E-state index in [0.717, 1.165) is 37.1 Å². The Labute approximate surface area is 188 Å². The van der Waals surface area contributed by atoms with Crippen LogP contribution in [0, 0.1) is 6.92 Å². The van der Waals surface area contributed by atoms with Crippen molar-refractivity contribution >= 4 is 22.4 Å². The number of fused-ring (bicyclic) bond motifs is 1. The zero-order chi connectivity index (χ0) is 22.7. The molecular weight excluding hydrogens is 408 g/mol. The molecule has 32 heavy (non-hydrogen) atoms. The van der Waals surface area contributed by atoms with Crippen molar-refractivity contribution in [2.45, 2.75) is 20.0 Å². The summed E-state index contributed by atoms with van der Waals surface area (Å²) < 4.78 is 17.2. The highest BCUT2D eigenvalue weighted by atomic mass is 16.5. The highest BCUT2D eigenvalue weighted by molar-refractivity contribution is 6.00. The number of furan rings is 1. The van der Waals surface area contributed by atoms with Crippen molar-refractivity contribution in [3.8, 4) is 11.5 Å². The number of Topliss-reactive ketones (excluding diaryl/α,β-unsaturated/α-hetero) is 1. The number of nitrogens with zero attached hydrogens (tertiary/aromatic N) is 2. The van der Waals surface area contributed by atoms with E-state index >= 15 is 0 Å². The number of hydrogen-bond donors (Lipinski definition) is 1. The summed E-state index contributed by atoms with van der Waals surface area (Å²) in [5.41, 5.74) is 2.47. The number of β-amino-alcohol motifs (C(OH)–C–C–N with tert-alkyl or cyclic N) is 1. The molecule has 2 heterocycles. The highest BCUT2D eigenvalue weighted by Crippen LogP contribution is 2.39. The van der Waals surface area contributed by atoms with E-state index in [9.17, 15) is 9.90 Å². The maximum atomic E-state index is 11.9. The first-order valence-corrected chi connectivity index (χ1v) is 10.9. The maximum Gasteiger partial charge on any atom is 0.204 e. The van der Waals surface area contributed by atoms with Crippen molar-refractivity contribution in [2.24, 2.45) is 0 Å². The third kappa shape index (κ3) is 4.59. The number of benzene rings is 2. The van der Waals surface area contributed by atoms with Crippen LogP contribution in [0.5, 0.6) is 11.5 Å². The van der Waals surface area contributed by atoms with Gasteiger partial charge in [-0.3, -0.25) is 9.69 Å². The van der Waals surface area contributed by atoms with Gasteiger partial charge in [-0.1, -0.05) is 18.2 Å². The van der Waals surface area contributed by atoms with Crippen LogP contribution >= 0.6 is 0 Å². The lowest BCUT2D eigenvalue weighted by Crippen LogP contribution is -2.49. The summed E-state index contributed by atoms with van der Waals surface area (Å²) in [6.45, 7) is 7.55. The number of aliphatic hydroxyl groups is 1. The van der Waals surface area contributed by atoms with Crippen LogP contribution < -0.4 is 14.4 Å². The smallest absolute Gasteiger partial charge is 0.204 e. The van der Waals surface area contributed by atoms with Gasteiger partial charge >= 0.3 is 0 Å². The largest absolute Gasteiger partial charge is 0.493 e. The Morgan fingerprint density at radius 1 is 1.12 bits per heavy atom.